The van der Waals surface area contributed by atoms with Crippen LogP contribution >= 0.6 is 0 Å². The van der Waals surface area contributed by atoms with Crippen LogP contribution in [0.4, 0.5) is 5.69 Å². The number of nitrogens with zero attached hydrogens (tertiary/aromatic N) is 2. The number of carbonyl (C=O) groups is 2. The Bertz CT molecular complexity index is 562. The lowest BCUT2D eigenvalue weighted by Gasteiger charge is -2.06. The number of amides is 2. The summed E-state index contributed by atoms with van der Waals surface area (Å²) in [5.74, 6) is -0.993. The molecule has 2 amide bonds. The van der Waals surface area contributed by atoms with Crippen LogP contribution in [0.25, 0.3) is 5.57 Å². The molecule has 0 aliphatic carbocycles. The Labute approximate surface area is 96.3 Å². The van der Waals surface area contributed by atoms with Gasteiger partial charge in [0.25, 0.3) is 17.5 Å². The molecule has 1 aliphatic heterocycles. The van der Waals surface area contributed by atoms with Gasteiger partial charge < -0.3 is 0 Å². The topological polar surface area (TPSA) is 80.5 Å². The Morgan fingerprint density at radius 2 is 1.88 bits per heavy atom. The quantitative estimate of drug-likeness (QED) is 0.432. The van der Waals surface area contributed by atoms with Crippen LogP contribution in [0.15, 0.2) is 30.3 Å². The number of rotatable bonds is 2. The van der Waals surface area contributed by atoms with Crippen molar-refractivity contribution in [3.8, 4) is 0 Å². The van der Waals surface area contributed by atoms with Crippen molar-refractivity contribution in [2.75, 3.05) is 7.05 Å². The van der Waals surface area contributed by atoms with E-state index in [1.54, 1.807) is 6.07 Å². The second-order valence-electron chi connectivity index (χ2n) is 3.53. The van der Waals surface area contributed by atoms with Gasteiger partial charge in [0.1, 0.15) is 0 Å². The van der Waals surface area contributed by atoms with Crippen molar-refractivity contribution < 1.29 is 14.5 Å². The van der Waals surface area contributed by atoms with Crippen LogP contribution in [0.2, 0.25) is 0 Å². The van der Waals surface area contributed by atoms with Crippen molar-refractivity contribution in [3.63, 3.8) is 0 Å². The van der Waals surface area contributed by atoms with E-state index < -0.39 is 16.7 Å². The SMILES string of the molecule is CN1C(=O)C=C(c2ccccc2[N+](=O)[O-])C1=O. The highest BCUT2D eigenvalue weighted by molar-refractivity contribution is 6.33. The molecule has 0 fully saturated rings. The number of nitro groups is 1. The van der Waals surface area contributed by atoms with Gasteiger partial charge in [-0.05, 0) is 6.07 Å². The normalized spacial score (nSPS) is 15.1. The average molecular weight is 232 g/mol. The minimum absolute atomic E-state index is 0.0600. The van der Waals surface area contributed by atoms with E-state index in [9.17, 15) is 19.7 Å². The van der Waals surface area contributed by atoms with Crippen molar-refractivity contribution in [3.05, 3.63) is 46.0 Å². The first-order valence-corrected chi connectivity index (χ1v) is 4.80. The lowest BCUT2D eigenvalue weighted by molar-refractivity contribution is -0.385. The molecule has 0 bridgehead atoms. The molecule has 0 radical (unpaired) electrons. The molecular weight excluding hydrogens is 224 g/mol. The minimum atomic E-state index is -0.577. The van der Waals surface area contributed by atoms with E-state index in [1.807, 2.05) is 0 Å². The van der Waals surface area contributed by atoms with Gasteiger partial charge in [-0.1, -0.05) is 12.1 Å². The second-order valence-corrected chi connectivity index (χ2v) is 3.53. The Hall–Kier alpha value is -2.50. The number of benzene rings is 1. The van der Waals surface area contributed by atoms with Gasteiger partial charge in [0.05, 0.1) is 16.1 Å². The lowest BCUT2D eigenvalue weighted by atomic mass is 10.0. The number of hydrogen-bond acceptors (Lipinski definition) is 4. The number of imide groups is 1. The van der Waals surface area contributed by atoms with Crippen molar-refractivity contribution in [2.45, 2.75) is 0 Å². The fraction of sp³-hybridized carbons (Fsp3) is 0.0909. The highest BCUT2D eigenvalue weighted by Gasteiger charge is 2.32. The molecule has 0 saturated heterocycles. The zero-order chi connectivity index (χ0) is 12.6. The second kappa shape index (κ2) is 3.82. The predicted molar refractivity (Wildman–Crippen MR) is 58.9 cm³/mol. The summed E-state index contributed by atoms with van der Waals surface area (Å²) in [7, 11) is 1.34. The summed E-state index contributed by atoms with van der Waals surface area (Å²) in [6, 6.07) is 5.84. The van der Waals surface area contributed by atoms with E-state index in [4.69, 9.17) is 0 Å². The number of hydrogen-bond donors (Lipinski definition) is 0. The first kappa shape index (κ1) is 11.0. The fourth-order valence-electron chi connectivity index (χ4n) is 1.62. The minimum Gasteiger partial charge on any atom is -0.278 e. The third-order valence-electron chi connectivity index (χ3n) is 2.52. The Balaban J connectivity index is 2.56. The summed E-state index contributed by atoms with van der Waals surface area (Å²) in [6.45, 7) is 0. The van der Waals surface area contributed by atoms with E-state index >= 15 is 0 Å². The van der Waals surface area contributed by atoms with Gasteiger partial charge in [0.2, 0.25) is 0 Å². The van der Waals surface area contributed by atoms with Crippen LogP contribution in [0.5, 0.6) is 0 Å². The lowest BCUT2D eigenvalue weighted by Crippen LogP contribution is -2.25. The fourth-order valence-corrected chi connectivity index (χ4v) is 1.62. The van der Waals surface area contributed by atoms with Crippen LogP contribution in [0.3, 0.4) is 0 Å². The van der Waals surface area contributed by atoms with E-state index in [-0.39, 0.29) is 16.8 Å². The van der Waals surface area contributed by atoms with Gasteiger partial charge in [-0.15, -0.1) is 0 Å². The Kier molecular flexibility index (Phi) is 2.47. The molecule has 0 aromatic heterocycles. The van der Waals surface area contributed by atoms with Crippen LogP contribution < -0.4 is 0 Å². The Morgan fingerprint density at radius 3 is 2.41 bits per heavy atom. The standard InChI is InChI=1S/C11H8N2O4/c1-12-10(14)6-8(11(12)15)7-4-2-3-5-9(7)13(16)17/h2-6H,1H3. The maximum absolute atomic E-state index is 11.7. The molecule has 0 unspecified atom stereocenters. The third-order valence-corrected chi connectivity index (χ3v) is 2.52. The summed E-state index contributed by atoms with van der Waals surface area (Å²) < 4.78 is 0. The van der Waals surface area contributed by atoms with Crippen molar-refractivity contribution in [2.24, 2.45) is 0 Å². The van der Waals surface area contributed by atoms with Crippen molar-refractivity contribution in [1.82, 2.24) is 4.90 Å². The highest BCUT2D eigenvalue weighted by atomic mass is 16.6. The van der Waals surface area contributed by atoms with Gasteiger partial charge in [-0.3, -0.25) is 24.6 Å². The Morgan fingerprint density at radius 1 is 1.24 bits per heavy atom. The smallest absolute Gasteiger partial charge is 0.277 e. The molecule has 17 heavy (non-hydrogen) atoms. The molecule has 1 aromatic rings. The van der Waals surface area contributed by atoms with Gasteiger partial charge in [-0.25, -0.2) is 0 Å². The van der Waals surface area contributed by atoms with E-state index in [1.165, 1.54) is 25.2 Å². The molecule has 1 heterocycles. The monoisotopic (exact) mass is 232 g/mol. The molecule has 0 spiro atoms. The maximum Gasteiger partial charge on any atom is 0.277 e. The van der Waals surface area contributed by atoms with Gasteiger partial charge in [0, 0.05) is 19.2 Å². The molecule has 0 atom stereocenters. The molecule has 0 saturated carbocycles. The summed E-state index contributed by atoms with van der Waals surface area (Å²) in [5.41, 5.74) is 0.0419. The van der Waals surface area contributed by atoms with Crippen LogP contribution in [0, 0.1) is 10.1 Å². The molecule has 6 nitrogen and oxygen atoms in total. The predicted octanol–water partition coefficient (Wildman–Crippen LogP) is 0.977. The van der Waals surface area contributed by atoms with Crippen LogP contribution in [-0.2, 0) is 9.59 Å². The number of carbonyl (C=O) groups excluding carboxylic acids is 2. The molecule has 1 aromatic carbocycles. The zero-order valence-electron chi connectivity index (χ0n) is 8.91. The van der Waals surface area contributed by atoms with E-state index in [0.717, 1.165) is 11.0 Å². The van der Waals surface area contributed by atoms with Gasteiger partial charge >= 0.3 is 0 Å². The molecular formula is C11H8N2O4. The summed E-state index contributed by atoms with van der Waals surface area (Å²) in [4.78, 5) is 34.2. The van der Waals surface area contributed by atoms with Crippen LogP contribution in [0.1, 0.15) is 5.56 Å². The third kappa shape index (κ3) is 1.69. The van der Waals surface area contributed by atoms with Gasteiger partial charge in [0.15, 0.2) is 0 Å². The van der Waals surface area contributed by atoms with E-state index in [2.05, 4.69) is 0 Å². The molecule has 86 valence electrons. The van der Waals surface area contributed by atoms with Crippen molar-refractivity contribution in [1.29, 1.82) is 0 Å². The average Bonchev–Trinajstić information content (AvgIpc) is 2.57. The number of likely N-dealkylation sites (N-methyl/N-ethyl adjacent to an activating group) is 1. The van der Waals surface area contributed by atoms with Gasteiger partial charge in [-0.2, -0.15) is 0 Å². The molecule has 2 rings (SSSR count). The summed E-state index contributed by atoms with van der Waals surface area (Å²) in [6.07, 6.45) is 1.12. The molecule has 0 N–H and O–H groups in total. The van der Waals surface area contributed by atoms with Crippen LogP contribution in [-0.4, -0.2) is 28.7 Å². The highest BCUT2D eigenvalue weighted by Crippen LogP contribution is 2.29. The first-order valence-electron chi connectivity index (χ1n) is 4.80. The summed E-state index contributed by atoms with van der Waals surface area (Å²) >= 11 is 0. The van der Waals surface area contributed by atoms with Crippen molar-refractivity contribution >= 4 is 23.1 Å². The summed E-state index contributed by atoms with van der Waals surface area (Å²) in [5, 5.41) is 10.8. The first-order chi connectivity index (χ1) is 8.02. The van der Waals surface area contributed by atoms with E-state index in [0.29, 0.717) is 0 Å². The largest absolute Gasteiger partial charge is 0.278 e. The molecule has 6 heteroatoms. The maximum atomic E-state index is 11.7. The number of para-hydroxylation sites is 1. The molecule has 1 aliphatic rings. The zero-order valence-corrected chi connectivity index (χ0v) is 8.91. The number of nitro benzene ring substituents is 1.